The van der Waals surface area contributed by atoms with E-state index in [1.54, 1.807) is 11.8 Å². The number of nitrogens with one attached hydrogen (secondary N) is 2. The van der Waals surface area contributed by atoms with Gasteiger partial charge in [-0.2, -0.15) is 0 Å². The van der Waals surface area contributed by atoms with Crippen molar-refractivity contribution in [1.29, 1.82) is 0 Å². The fourth-order valence-corrected chi connectivity index (χ4v) is 3.04. The van der Waals surface area contributed by atoms with Crippen molar-refractivity contribution in [2.24, 2.45) is 0 Å². The molecule has 0 fully saturated rings. The predicted molar refractivity (Wildman–Crippen MR) is 84.3 cm³/mol. The molecule has 5 heteroatoms. The van der Waals surface area contributed by atoms with E-state index in [-0.39, 0.29) is 0 Å². The lowest BCUT2D eigenvalue weighted by Gasteiger charge is -2.05. The van der Waals surface area contributed by atoms with E-state index >= 15 is 0 Å². The molecule has 0 aliphatic carbocycles. The van der Waals surface area contributed by atoms with Crippen molar-refractivity contribution in [1.82, 2.24) is 15.3 Å². The summed E-state index contributed by atoms with van der Waals surface area (Å²) in [5.41, 5.74) is 1.14. The van der Waals surface area contributed by atoms with Crippen LogP contribution in [0.3, 0.4) is 0 Å². The highest BCUT2D eigenvalue weighted by atomic mass is 79.9. The first-order valence-corrected chi connectivity index (χ1v) is 8.06. The Morgan fingerprint density at radius 1 is 1.37 bits per heavy atom. The van der Waals surface area contributed by atoms with E-state index in [9.17, 15) is 0 Å². The molecule has 0 spiro atoms. The van der Waals surface area contributed by atoms with E-state index in [2.05, 4.69) is 57.2 Å². The van der Waals surface area contributed by atoms with Crippen molar-refractivity contribution in [3.63, 3.8) is 0 Å². The van der Waals surface area contributed by atoms with Gasteiger partial charge in [0.25, 0.3) is 0 Å². The maximum absolute atomic E-state index is 4.41. The zero-order valence-corrected chi connectivity index (χ0v) is 13.5. The standard InChI is InChI=1S/C14H18BrN3S/c1-10(2)16-7-11-8-17-14(18-11)9-19-13-6-4-3-5-12(13)15/h3-6,8,10,16H,7,9H2,1-2H3,(H,17,18). The number of rotatable bonds is 6. The number of aromatic nitrogens is 2. The lowest BCUT2D eigenvalue weighted by molar-refractivity contribution is 0.582. The molecule has 0 saturated heterocycles. The molecule has 1 aromatic carbocycles. The molecule has 102 valence electrons. The summed E-state index contributed by atoms with van der Waals surface area (Å²) in [6.45, 7) is 5.12. The highest BCUT2D eigenvalue weighted by Gasteiger charge is 2.04. The molecule has 0 amide bonds. The van der Waals surface area contributed by atoms with Crippen LogP contribution in [0.15, 0.2) is 39.8 Å². The first kappa shape index (κ1) is 14.6. The van der Waals surface area contributed by atoms with Crippen LogP contribution in [0, 0.1) is 0 Å². The number of nitrogens with zero attached hydrogens (tertiary/aromatic N) is 1. The van der Waals surface area contributed by atoms with E-state index in [0.717, 1.165) is 28.3 Å². The average Bonchev–Trinajstić information content (AvgIpc) is 2.83. The normalized spacial score (nSPS) is 11.2. The Morgan fingerprint density at radius 3 is 2.89 bits per heavy atom. The fraction of sp³-hybridized carbons (Fsp3) is 0.357. The third kappa shape index (κ3) is 4.67. The van der Waals surface area contributed by atoms with Crippen LogP contribution in [0.4, 0.5) is 0 Å². The lowest BCUT2D eigenvalue weighted by atomic mass is 10.4. The van der Waals surface area contributed by atoms with Gasteiger partial charge in [-0.25, -0.2) is 4.98 Å². The zero-order valence-electron chi connectivity index (χ0n) is 11.1. The van der Waals surface area contributed by atoms with Crippen molar-refractivity contribution in [2.45, 2.75) is 37.1 Å². The fourth-order valence-electron chi connectivity index (χ4n) is 1.59. The summed E-state index contributed by atoms with van der Waals surface area (Å²) in [5, 5.41) is 3.37. The third-order valence-corrected chi connectivity index (χ3v) is 4.62. The van der Waals surface area contributed by atoms with E-state index in [1.807, 2.05) is 18.3 Å². The minimum atomic E-state index is 0.487. The van der Waals surface area contributed by atoms with Gasteiger partial charge in [-0.05, 0) is 28.1 Å². The molecule has 3 nitrogen and oxygen atoms in total. The second-order valence-corrected chi connectivity index (χ2v) is 6.48. The van der Waals surface area contributed by atoms with Crippen molar-refractivity contribution in [2.75, 3.05) is 0 Å². The van der Waals surface area contributed by atoms with Gasteiger partial charge >= 0.3 is 0 Å². The molecule has 0 unspecified atom stereocenters. The molecule has 1 heterocycles. The molecule has 0 radical (unpaired) electrons. The second kappa shape index (κ2) is 7.12. The van der Waals surface area contributed by atoms with Crippen molar-refractivity contribution < 1.29 is 0 Å². The summed E-state index contributed by atoms with van der Waals surface area (Å²) in [6, 6.07) is 8.73. The Hall–Kier alpha value is -0.780. The highest BCUT2D eigenvalue weighted by Crippen LogP contribution is 2.28. The number of H-pyrrole nitrogens is 1. The maximum atomic E-state index is 4.41. The van der Waals surface area contributed by atoms with Crippen LogP contribution in [0.2, 0.25) is 0 Å². The molecule has 2 rings (SSSR count). The molecule has 0 aliphatic rings. The van der Waals surface area contributed by atoms with Crippen LogP contribution in [-0.4, -0.2) is 16.0 Å². The smallest absolute Gasteiger partial charge is 0.116 e. The minimum Gasteiger partial charge on any atom is -0.344 e. The average molecular weight is 340 g/mol. The topological polar surface area (TPSA) is 40.7 Å². The zero-order chi connectivity index (χ0) is 13.7. The molecule has 0 bridgehead atoms. The molecule has 0 atom stereocenters. The SMILES string of the molecule is CC(C)NCc1cnc(CSc2ccccc2Br)[nH]1. The van der Waals surface area contributed by atoms with Crippen molar-refractivity contribution >= 4 is 27.7 Å². The van der Waals surface area contributed by atoms with E-state index in [0.29, 0.717) is 6.04 Å². The van der Waals surface area contributed by atoms with Gasteiger partial charge in [-0.15, -0.1) is 11.8 Å². The maximum Gasteiger partial charge on any atom is 0.116 e. The highest BCUT2D eigenvalue weighted by molar-refractivity contribution is 9.10. The van der Waals surface area contributed by atoms with Crippen molar-refractivity contribution in [3.8, 4) is 0 Å². The largest absolute Gasteiger partial charge is 0.344 e. The summed E-state index contributed by atoms with van der Waals surface area (Å²) in [4.78, 5) is 8.99. The van der Waals surface area contributed by atoms with Crippen LogP contribution in [0.25, 0.3) is 0 Å². The molecule has 0 aliphatic heterocycles. The molecule has 0 saturated carbocycles. The number of imidazole rings is 1. The third-order valence-electron chi connectivity index (χ3n) is 2.58. The molecular formula is C14H18BrN3S. The molecule has 19 heavy (non-hydrogen) atoms. The van der Waals surface area contributed by atoms with E-state index in [4.69, 9.17) is 0 Å². The minimum absolute atomic E-state index is 0.487. The Morgan fingerprint density at radius 2 is 2.16 bits per heavy atom. The Balaban J connectivity index is 1.88. The van der Waals surface area contributed by atoms with E-state index in [1.165, 1.54) is 4.90 Å². The summed E-state index contributed by atoms with van der Waals surface area (Å²) < 4.78 is 1.13. The Labute approximate surface area is 126 Å². The second-order valence-electron chi connectivity index (χ2n) is 4.61. The number of halogens is 1. The van der Waals surface area contributed by atoms with E-state index < -0.39 is 0 Å². The van der Waals surface area contributed by atoms with Gasteiger partial charge in [0, 0.05) is 33.8 Å². The Kier molecular flexibility index (Phi) is 5.48. The van der Waals surface area contributed by atoms with Crippen molar-refractivity contribution in [3.05, 3.63) is 46.5 Å². The first-order chi connectivity index (χ1) is 9.15. The Bertz CT molecular complexity index is 525. The van der Waals surface area contributed by atoms with Crippen LogP contribution >= 0.6 is 27.7 Å². The summed E-state index contributed by atoms with van der Waals surface area (Å²) in [7, 11) is 0. The van der Waals surface area contributed by atoms with Gasteiger partial charge in [-0.3, -0.25) is 0 Å². The molecule has 1 aromatic heterocycles. The van der Waals surface area contributed by atoms with Crippen LogP contribution in [0.5, 0.6) is 0 Å². The van der Waals surface area contributed by atoms with Gasteiger partial charge in [0.2, 0.25) is 0 Å². The van der Waals surface area contributed by atoms with Gasteiger partial charge in [-0.1, -0.05) is 26.0 Å². The number of thioether (sulfide) groups is 1. The van der Waals surface area contributed by atoms with Crippen LogP contribution in [-0.2, 0) is 12.3 Å². The first-order valence-electron chi connectivity index (χ1n) is 6.28. The molecular weight excluding hydrogens is 322 g/mol. The molecule has 2 aromatic rings. The number of hydrogen-bond donors (Lipinski definition) is 2. The van der Waals surface area contributed by atoms with Gasteiger partial charge in [0.05, 0.1) is 5.75 Å². The van der Waals surface area contributed by atoms with Gasteiger partial charge < -0.3 is 10.3 Å². The number of benzene rings is 1. The van der Waals surface area contributed by atoms with Gasteiger partial charge in [0.15, 0.2) is 0 Å². The summed E-state index contributed by atoms with van der Waals surface area (Å²) >= 11 is 5.33. The lowest BCUT2D eigenvalue weighted by Crippen LogP contribution is -2.21. The number of aromatic amines is 1. The molecule has 2 N–H and O–H groups in total. The van der Waals surface area contributed by atoms with Crippen LogP contribution in [0.1, 0.15) is 25.4 Å². The quantitative estimate of drug-likeness (QED) is 0.782. The van der Waals surface area contributed by atoms with Crippen LogP contribution < -0.4 is 5.32 Å². The monoisotopic (exact) mass is 339 g/mol. The summed E-state index contributed by atoms with van der Waals surface area (Å²) in [5.74, 6) is 1.87. The summed E-state index contributed by atoms with van der Waals surface area (Å²) in [6.07, 6.45) is 1.91. The number of hydrogen-bond acceptors (Lipinski definition) is 3. The predicted octanol–water partition coefficient (Wildman–Crippen LogP) is 3.96. The van der Waals surface area contributed by atoms with Gasteiger partial charge in [0.1, 0.15) is 5.82 Å².